The number of amides is 1. The first kappa shape index (κ1) is 15.7. The van der Waals surface area contributed by atoms with E-state index < -0.39 is 0 Å². The van der Waals surface area contributed by atoms with Gasteiger partial charge in [0.15, 0.2) is 0 Å². The number of nitrogen functional groups attached to an aromatic ring is 1. The van der Waals surface area contributed by atoms with Gasteiger partial charge in [0.2, 0.25) is 0 Å². The molecular weight excluding hydrogens is 264 g/mol. The fourth-order valence-electron chi connectivity index (χ4n) is 3.03. The molecule has 0 radical (unpaired) electrons. The number of benzene rings is 1. The summed E-state index contributed by atoms with van der Waals surface area (Å²) < 4.78 is 5.40. The average Bonchev–Trinajstić information content (AvgIpc) is 2.49. The smallest absolute Gasteiger partial charge is 0.253 e. The molecule has 2 rings (SSSR count). The largest absolute Gasteiger partial charge is 0.492 e. The van der Waals surface area contributed by atoms with Crippen molar-refractivity contribution in [3.63, 3.8) is 0 Å². The van der Waals surface area contributed by atoms with E-state index in [-0.39, 0.29) is 5.91 Å². The number of rotatable bonds is 5. The zero-order valence-electron chi connectivity index (χ0n) is 13.1. The van der Waals surface area contributed by atoms with Gasteiger partial charge in [-0.25, -0.2) is 0 Å². The maximum absolute atomic E-state index is 12.5. The topological polar surface area (TPSA) is 55.6 Å². The first-order valence-electron chi connectivity index (χ1n) is 7.89. The minimum atomic E-state index is 0.0373. The van der Waals surface area contributed by atoms with Crippen molar-refractivity contribution in [1.29, 1.82) is 0 Å². The lowest BCUT2D eigenvalue weighted by Crippen LogP contribution is -2.32. The summed E-state index contributed by atoms with van der Waals surface area (Å²) in [6, 6.07) is 5.28. The molecule has 1 fully saturated rings. The number of ether oxygens (including phenoxy) is 1. The summed E-state index contributed by atoms with van der Waals surface area (Å²) in [4.78, 5) is 14.3. The summed E-state index contributed by atoms with van der Waals surface area (Å²) in [7, 11) is 1.88. The van der Waals surface area contributed by atoms with Gasteiger partial charge in [0, 0.05) is 19.2 Å². The quantitative estimate of drug-likeness (QED) is 0.846. The molecule has 1 aromatic rings. The van der Waals surface area contributed by atoms with Crippen molar-refractivity contribution < 1.29 is 9.53 Å². The van der Waals surface area contributed by atoms with Gasteiger partial charge in [-0.1, -0.05) is 19.3 Å². The van der Waals surface area contributed by atoms with Gasteiger partial charge in [0.1, 0.15) is 5.75 Å². The number of carbonyl (C=O) groups excluding carboxylic acids is 1. The summed E-state index contributed by atoms with van der Waals surface area (Å²) in [5.74, 6) is 1.33. The first-order chi connectivity index (χ1) is 10.1. The predicted molar refractivity (Wildman–Crippen MR) is 85.6 cm³/mol. The van der Waals surface area contributed by atoms with Gasteiger partial charge < -0.3 is 15.4 Å². The van der Waals surface area contributed by atoms with Gasteiger partial charge in [0.05, 0.1) is 12.3 Å². The third kappa shape index (κ3) is 4.13. The first-order valence-corrected chi connectivity index (χ1v) is 7.89. The molecule has 1 amide bonds. The second-order valence-electron chi connectivity index (χ2n) is 5.88. The van der Waals surface area contributed by atoms with E-state index in [0.29, 0.717) is 29.5 Å². The van der Waals surface area contributed by atoms with Crippen LogP contribution in [0.2, 0.25) is 0 Å². The van der Waals surface area contributed by atoms with Crippen LogP contribution in [0.25, 0.3) is 0 Å². The van der Waals surface area contributed by atoms with Crippen LogP contribution < -0.4 is 10.5 Å². The van der Waals surface area contributed by atoms with Gasteiger partial charge in [-0.15, -0.1) is 0 Å². The standard InChI is InChI=1S/C17H26N2O2/c1-3-21-16-10-9-14(11-15(16)18)17(20)19(2)12-13-7-5-4-6-8-13/h9-11,13H,3-8,12,18H2,1-2H3. The number of hydrogen-bond donors (Lipinski definition) is 1. The molecule has 1 aromatic carbocycles. The molecule has 0 saturated heterocycles. The number of nitrogens with two attached hydrogens (primary N) is 1. The van der Waals surface area contributed by atoms with E-state index in [2.05, 4.69) is 0 Å². The van der Waals surface area contributed by atoms with Crippen LogP contribution in [-0.2, 0) is 0 Å². The van der Waals surface area contributed by atoms with E-state index in [9.17, 15) is 4.79 Å². The number of anilines is 1. The molecule has 0 aromatic heterocycles. The van der Waals surface area contributed by atoms with Gasteiger partial charge >= 0.3 is 0 Å². The Balaban J connectivity index is 1.99. The predicted octanol–water partition coefficient (Wildman–Crippen LogP) is 3.32. The maximum atomic E-state index is 12.5. The van der Waals surface area contributed by atoms with Crippen LogP contribution in [0.3, 0.4) is 0 Å². The van der Waals surface area contributed by atoms with Crippen LogP contribution in [0.15, 0.2) is 18.2 Å². The van der Waals surface area contributed by atoms with Crippen molar-refractivity contribution in [2.24, 2.45) is 5.92 Å². The molecule has 4 nitrogen and oxygen atoms in total. The van der Waals surface area contributed by atoms with Crippen molar-refractivity contribution >= 4 is 11.6 Å². The Kier molecular flexibility index (Phi) is 5.48. The van der Waals surface area contributed by atoms with Crippen molar-refractivity contribution in [2.45, 2.75) is 39.0 Å². The molecular formula is C17H26N2O2. The Hall–Kier alpha value is -1.71. The molecule has 0 unspecified atom stereocenters. The van der Waals surface area contributed by atoms with E-state index in [0.717, 1.165) is 6.54 Å². The van der Waals surface area contributed by atoms with Gasteiger partial charge in [-0.05, 0) is 43.9 Å². The molecule has 21 heavy (non-hydrogen) atoms. The Morgan fingerprint density at radius 3 is 2.67 bits per heavy atom. The highest BCUT2D eigenvalue weighted by Gasteiger charge is 2.19. The minimum absolute atomic E-state index is 0.0373. The maximum Gasteiger partial charge on any atom is 0.253 e. The minimum Gasteiger partial charge on any atom is -0.492 e. The monoisotopic (exact) mass is 290 g/mol. The fraction of sp³-hybridized carbons (Fsp3) is 0.588. The highest BCUT2D eigenvalue weighted by atomic mass is 16.5. The number of carbonyl (C=O) groups is 1. The van der Waals surface area contributed by atoms with Gasteiger partial charge in [-0.2, -0.15) is 0 Å². The van der Waals surface area contributed by atoms with Crippen molar-refractivity contribution in [3.8, 4) is 5.75 Å². The Bertz CT molecular complexity index is 482. The lowest BCUT2D eigenvalue weighted by molar-refractivity contribution is 0.0760. The highest BCUT2D eigenvalue weighted by molar-refractivity contribution is 5.95. The third-order valence-electron chi connectivity index (χ3n) is 4.16. The Morgan fingerprint density at radius 1 is 1.33 bits per heavy atom. The summed E-state index contributed by atoms with van der Waals surface area (Å²) in [6.45, 7) is 3.32. The molecule has 4 heteroatoms. The van der Waals surface area contributed by atoms with E-state index in [1.54, 1.807) is 18.2 Å². The zero-order valence-corrected chi connectivity index (χ0v) is 13.1. The van der Waals surface area contributed by atoms with Crippen LogP contribution in [0.5, 0.6) is 5.75 Å². The molecule has 0 atom stereocenters. The van der Waals surface area contributed by atoms with Crippen molar-refractivity contribution in [2.75, 3.05) is 25.9 Å². The molecule has 2 N–H and O–H groups in total. The third-order valence-corrected chi connectivity index (χ3v) is 4.16. The normalized spacial score (nSPS) is 15.7. The molecule has 0 bridgehead atoms. The van der Waals surface area contributed by atoms with Crippen molar-refractivity contribution in [3.05, 3.63) is 23.8 Å². The van der Waals surface area contributed by atoms with E-state index in [1.807, 2.05) is 18.9 Å². The Labute approximate surface area is 127 Å². The average molecular weight is 290 g/mol. The summed E-state index contributed by atoms with van der Waals surface area (Å²) >= 11 is 0. The van der Waals surface area contributed by atoms with Crippen LogP contribution in [0.1, 0.15) is 49.4 Å². The lowest BCUT2D eigenvalue weighted by Gasteiger charge is -2.27. The molecule has 1 aliphatic rings. The number of hydrogen-bond acceptors (Lipinski definition) is 3. The Morgan fingerprint density at radius 2 is 2.05 bits per heavy atom. The van der Waals surface area contributed by atoms with Crippen LogP contribution >= 0.6 is 0 Å². The fourth-order valence-corrected chi connectivity index (χ4v) is 3.03. The molecule has 0 heterocycles. The zero-order chi connectivity index (χ0) is 15.2. The molecule has 1 aliphatic carbocycles. The van der Waals surface area contributed by atoms with Crippen LogP contribution in [0.4, 0.5) is 5.69 Å². The molecule has 0 spiro atoms. The second kappa shape index (κ2) is 7.34. The van der Waals surface area contributed by atoms with E-state index in [1.165, 1.54) is 32.1 Å². The summed E-state index contributed by atoms with van der Waals surface area (Å²) in [6.07, 6.45) is 6.40. The summed E-state index contributed by atoms with van der Waals surface area (Å²) in [5, 5.41) is 0. The van der Waals surface area contributed by atoms with E-state index >= 15 is 0 Å². The van der Waals surface area contributed by atoms with Crippen molar-refractivity contribution in [1.82, 2.24) is 4.90 Å². The molecule has 1 saturated carbocycles. The molecule has 116 valence electrons. The SMILES string of the molecule is CCOc1ccc(C(=O)N(C)CC2CCCCC2)cc1N. The second-order valence-corrected chi connectivity index (χ2v) is 5.88. The highest BCUT2D eigenvalue weighted by Crippen LogP contribution is 2.26. The van der Waals surface area contributed by atoms with Gasteiger partial charge in [0.25, 0.3) is 5.91 Å². The van der Waals surface area contributed by atoms with Crippen LogP contribution in [-0.4, -0.2) is 31.0 Å². The van der Waals surface area contributed by atoms with Gasteiger partial charge in [-0.3, -0.25) is 4.79 Å². The number of nitrogens with zero attached hydrogens (tertiary/aromatic N) is 1. The lowest BCUT2D eigenvalue weighted by atomic mass is 9.89. The summed E-state index contributed by atoms with van der Waals surface area (Å²) in [5.41, 5.74) is 7.09. The van der Waals surface area contributed by atoms with E-state index in [4.69, 9.17) is 10.5 Å². The molecule has 0 aliphatic heterocycles. The van der Waals surface area contributed by atoms with Crippen LogP contribution in [0, 0.1) is 5.92 Å².